The van der Waals surface area contributed by atoms with Crippen molar-refractivity contribution in [3.05, 3.63) is 99.0 Å². The van der Waals surface area contributed by atoms with Gasteiger partial charge in [-0.05, 0) is 68.5 Å². The lowest BCUT2D eigenvalue weighted by Crippen LogP contribution is -2.53. The largest absolute Gasteiger partial charge is 0.484 e. The number of rotatable bonds is 11. The molecule has 0 aliphatic rings. The predicted octanol–water partition coefficient (Wildman–Crippen LogP) is 6.31. The number of hydrogen-bond acceptors (Lipinski definition) is 3. The van der Waals surface area contributed by atoms with Gasteiger partial charge in [-0.25, -0.2) is 0 Å². The number of nitrogens with zero attached hydrogens (tertiary/aromatic N) is 1. The van der Waals surface area contributed by atoms with Crippen molar-refractivity contribution in [1.82, 2.24) is 10.2 Å². The van der Waals surface area contributed by atoms with E-state index in [0.717, 1.165) is 38.7 Å². The molecule has 3 aromatic carbocycles. The Kier molecular flexibility index (Phi) is 10.3. The number of benzene rings is 3. The van der Waals surface area contributed by atoms with Crippen molar-refractivity contribution in [3.8, 4) is 5.75 Å². The fourth-order valence-electron chi connectivity index (χ4n) is 4.10. The Morgan fingerprint density at radius 2 is 1.57 bits per heavy atom. The van der Waals surface area contributed by atoms with Crippen LogP contribution in [0.2, 0.25) is 0 Å². The van der Waals surface area contributed by atoms with Gasteiger partial charge < -0.3 is 15.0 Å². The zero-order valence-electron chi connectivity index (χ0n) is 22.4. The molecule has 0 saturated heterocycles. The van der Waals surface area contributed by atoms with Gasteiger partial charge in [-0.1, -0.05) is 83.0 Å². The van der Waals surface area contributed by atoms with E-state index in [1.54, 1.807) is 4.90 Å². The van der Waals surface area contributed by atoms with E-state index in [-0.39, 0.29) is 24.5 Å². The molecule has 0 saturated carbocycles. The summed E-state index contributed by atoms with van der Waals surface area (Å²) in [7, 11) is 0. The summed E-state index contributed by atoms with van der Waals surface area (Å²) in [5.41, 5.74) is 5.17. The van der Waals surface area contributed by atoms with Gasteiger partial charge in [0.2, 0.25) is 5.91 Å². The van der Waals surface area contributed by atoms with E-state index in [1.165, 1.54) is 0 Å². The summed E-state index contributed by atoms with van der Waals surface area (Å²) in [6.07, 6.45) is 1.22. The third kappa shape index (κ3) is 8.19. The zero-order valence-corrected chi connectivity index (χ0v) is 24.0. The van der Waals surface area contributed by atoms with E-state index in [4.69, 9.17) is 4.74 Å². The summed E-state index contributed by atoms with van der Waals surface area (Å²) in [6.45, 7) is 10.2. The van der Waals surface area contributed by atoms with E-state index in [0.29, 0.717) is 18.7 Å². The molecular formula is C31H37BrN2O3. The van der Waals surface area contributed by atoms with E-state index >= 15 is 0 Å². The molecule has 37 heavy (non-hydrogen) atoms. The lowest BCUT2D eigenvalue weighted by Gasteiger charge is -2.32. The van der Waals surface area contributed by atoms with Gasteiger partial charge in [-0.2, -0.15) is 0 Å². The number of nitrogens with one attached hydrogen (secondary N) is 1. The minimum Gasteiger partial charge on any atom is -0.484 e. The first-order chi connectivity index (χ1) is 17.7. The topological polar surface area (TPSA) is 58.6 Å². The highest BCUT2D eigenvalue weighted by atomic mass is 79.9. The SMILES string of the molecule is CC[C@H](C)NC(=O)[C@H](Cc1ccccc1)N(Cc1ccc(C)cc1)C(=O)COc1cc(C)c(Br)c(C)c1. The van der Waals surface area contributed by atoms with Crippen LogP contribution in [0.1, 0.15) is 48.1 Å². The summed E-state index contributed by atoms with van der Waals surface area (Å²) in [5.74, 6) is 0.235. The average molecular weight is 566 g/mol. The van der Waals surface area contributed by atoms with E-state index in [1.807, 2.05) is 101 Å². The number of carbonyl (C=O) groups is 2. The second-order valence-corrected chi connectivity index (χ2v) is 10.5. The quantitative estimate of drug-likeness (QED) is 0.297. The highest BCUT2D eigenvalue weighted by molar-refractivity contribution is 9.10. The lowest BCUT2D eigenvalue weighted by molar-refractivity contribution is -0.143. The molecule has 0 unspecified atom stereocenters. The molecular weight excluding hydrogens is 528 g/mol. The van der Waals surface area contributed by atoms with Crippen LogP contribution in [0.5, 0.6) is 5.75 Å². The molecule has 0 aliphatic carbocycles. The molecule has 3 aromatic rings. The van der Waals surface area contributed by atoms with Crippen molar-refractivity contribution in [3.63, 3.8) is 0 Å². The number of hydrogen-bond donors (Lipinski definition) is 1. The lowest BCUT2D eigenvalue weighted by atomic mass is 10.0. The molecule has 6 heteroatoms. The van der Waals surface area contributed by atoms with Crippen LogP contribution in [0.3, 0.4) is 0 Å². The van der Waals surface area contributed by atoms with Gasteiger partial charge in [0.1, 0.15) is 11.8 Å². The summed E-state index contributed by atoms with van der Waals surface area (Å²) in [5, 5.41) is 3.10. The number of carbonyl (C=O) groups excluding carboxylic acids is 2. The first kappa shape index (κ1) is 28.5. The first-order valence-corrected chi connectivity index (χ1v) is 13.6. The monoisotopic (exact) mass is 564 g/mol. The smallest absolute Gasteiger partial charge is 0.261 e. The van der Waals surface area contributed by atoms with Crippen molar-refractivity contribution in [1.29, 1.82) is 0 Å². The van der Waals surface area contributed by atoms with Crippen molar-refractivity contribution >= 4 is 27.7 Å². The van der Waals surface area contributed by atoms with E-state index in [2.05, 4.69) is 21.2 Å². The summed E-state index contributed by atoms with van der Waals surface area (Å²) in [4.78, 5) is 28.9. The Morgan fingerprint density at radius 1 is 0.946 bits per heavy atom. The minimum atomic E-state index is -0.679. The molecule has 0 heterocycles. The highest BCUT2D eigenvalue weighted by Gasteiger charge is 2.31. The molecule has 0 bridgehead atoms. The summed E-state index contributed by atoms with van der Waals surface area (Å²) >= 11 is 3.58. The third-order valence-corrected chi connectivity index (χ3v) is 7.77. The maximum Gasteiger partial charge on any atom is 0.261 e. The molecule has 5 nitrogen and oxygen atoms in total. The summed E-state index contributed by atoms with van der Waals surface area (Å²) < 4.78 is 6.99. The van der Waals surface area contributed by atoms with Gasteiger partial charge in [-0.15, -0.1) is 0 Å². The van der Waals surface area contributed by atoms with Crippen LogP contribution in [-0.2, 0) is 22.6 Å². The van der Waals surface area contributed by atoms with Crippen molar-refractivity contribution in [2.75, 3.05) is 6.61 Å². The third-order valence-electron chi connectivity index (χ3n) is 6.52. The predicted molar refractivity (Wildman–Crippen MR) is 153 cm³/mol. The number of aryl methyl sites for hydroxylation is 3. The fourth-order valence-corrected chi connectivity index (χ4v) is 4.33. The molecule has 0 aliphatic heterocycles. The van der Waals surface area contributed by atoms with Gasteiger partial charge in [0, 0.05) is 23.5 Å². The van der Waals surface area contributed by atoms with Gasteiger partial charge in [0.15, 0.2) is 6.61 Å². The van der Waals surface area contributed by atoms with Crippen LogP contribution in [-0.4, -0.2) is 35.4 Å². The van der Waals surface area contributed by atoms with Crippen LogP contribution in [0.4, 0.5) is 0 Å². The first-order valence-electron chi connectivity index (χ1n) is 12.8. The van der Waals surface area contributed by atoms with Gasteiger partial charge in [0.25, 0.3) is 5.91 Å². The summed E-state index contributed by atoms with van der Waals surface area (Å²) in [6, 6.07) is 21.0. The molecule has 0 aromatic heterocycles. The second kappa shape index (κ2) is 13.4. The van der Waals surface area contributed by atoms with Gasteiger partial charge in [-0.3, -0.25) is 9.59 Å². The highest BCUT2D eigenvalue weighted by Crippen LogP contribution is 2.26. The molecule has 0 fully saturated rings. The average Bonchev–Trinajstić information content (AvgIpc) is 2.89. The van der Waals surface area contributed by atoms with Gasteiger partial charge in [0.05, 0.1) is 0 Å². The van der Waals surface area contributed by atoms with E-state index < -0.39 is 6.04 Å². The second-order valence-electron chi connectivity index (χ2n) is 9.69. The van der Waals surface area contributed by atoms with Crippen LogP contribution >= 0.6 is 15.9 Å². The zero-order chi connectivity index (χ0) is 26.9. The minimum absolute atomic E-state index is 0.00654. The Bertz CT molecular complexity index is 1170. The standard InChI is InChI=1S/C31H37BrN2O3/c1-6-24(5)33-31(36)28(18-25-10-8-7-9-11-25)34(19-26-14-12-21(2)13-15-26)29(35)20-37-27-16-22(3)30(32)23(4)17-27/h7-17,24,28H,6,18-20H2,1-5H3,(H,33,36)/t24-,28-/m0/s1. The van der Waals surface area contributed by atoms with Crippen molar-refractivity contribution in [2.24, 2.45) is 0 Å². The Labute approximate surface area is 229 Å². The molecule has 2 amide bonds. The van der Waals surface area contributed by atoms with Crippen LogP contribution in [0, 0.1) is 20.8 Å². The van der Waals surface area contributed by atoms with E-state index in [9.17, 15) is 9.59 Å². The van der Waals surface area contributed by atoms with Crippen molar-refractivity contribution < 1.29 is 14.3 Å². The van der Waals surface area contributed by atoms with Gasteiger partial charge >= 0.3 is 0 Å². The molecule has 196 valence electrons. The Morgan fingerprint density at radius 3 is 2.16 bits per heavy atom. The molecule has 2 atom stereocenters. The number of amides is 2. The van der Waals surface area contributed by atoms with Crippen LogP contribution < -0.4 is 10.1 Å². The Hall–Kier alpha value is -3.12. The maximum absolute atomic E-state index is 13.7. The van der Waals surface area contributed by atoms with Crippen molar-refractivity contribution in [2.45, 2.75) is 66.1 Å². The molecule has 1 N–H and O–H groups in total. The number of ether oxygens (including phenoxy) is 1. The normalized spacial score (nSPS) is 12.5. The molecule has 0 spiro atoms. The molecule has 3 rings (SSSR count). The van der Waals surface area contributed by atoms with Crippen LogP contribution in [0.25, 0.3) is 0 Å². The fraction of sp³-hybridized carbons (Fsp3) is 0.355. The van der Waals surface area contributed by atoms with Crippen LogP contribution in [0.15, 0.2) is 71.2 Å². The number of halogens is 1. The molecule has 0 radical (unpaired) electrons. The Balaban J connectivity index is 1.92. The maximum atomic E-state index is 13.7.